The van der Waals surface area contributed by atoms with Crippen molar-refractivity contribution >= 4 is 9.84 Å². The highest BCUT2D eigenvalue weighted by molar-refractivity contribution is 7.91. The van der Waals surface area contributed by atoms with Crippen molar-refractivity contribution in [3.8, 4) is 5.88 Å². The Morgan fingerprint density at radius 1 is 1.26 bits per heavy atom. The summed E-state index contributed by atoms with van der Waals surface area (Å²) in [5, 5.41) is 6.79. The molecule has 2 aromatic rings. The van der Waals surface area contributed by atoms with E-state index in [1.165, 1.54) is 0 Å². The van der Waals surface area contributed by atoms with Gasteiger partial charge >= 0.3 is 0 Å². The summed E-state index contributed by atoms with van der Waals surface area (Å²) in [6.45, 7) is 4.44. The van der Waals surface area contributed by atoms with Gasteiger partial charge in [0.2, 0.25) is 5.88 Å². The van der Waals surface area contributed by atoms with Gasteiger partial charge in [-0.05, 0) is 13.8 Å². The molecule has 0 saturated carbocycles. The Hall–Kier alpha value is -2.04. The Morgan fingerprint density at radius 2 is 2.00 bits per heavy atom. The maximum absolute atomic E-state index is 13.0. The van der Waals surface area contributed by atoms with E-state index in [4.69, 9.17) is 9.47 Å². The fourth-order valence-corrected chi connectivity index (χ4v) is 5.97. The van der Waals surface area contributed by atoms with E-state index in [1.807, 2.05) is 4.90 Å². The highest BCUT2D eigenvalue weighted by Gasteiger charge is 2.42. The van der Waals surface area contributed by atoms with E-state index in [1.54, 1.807) is 32.4 Å². The first-order valence-corrected chi connectivity index (χ1v) is 10.6. The van der Waals surface area contributed by atoms with Gasteiger partial charge in [0, 0.05) is 37.3 Å². The van der Waals surface area contributed by atoms with Gasteiger partial charge in [0.05, 0.1) is 30.8 Å². The number of sulfone groups is 1. The number of nitrogens with one attached hydrogen (secondary N) is 1. The quantitative estimate of drug-likeness (QED) is 0.796. The summed E-state index contributed by atoms with van der Waals surface area (Å²) in [5.74, 6) is 0.456. The lowest BCUT2D eigenvalue weighted by Gasteiger charge is -2.47. The molecule has 4 heterocycles. The maximum atomic E-state index is 13.0. The van der Waals surface area contributed by atoms with Gasteiger partial charge < -0.3 is 9.47 Å². The second kappa shape index (κ2) is 7.17. The van der Waals surface area contributed by atoms with E-state index in [9.17, 15) is 8.42 Å². The van der Waals surface area contributed by atoms with Crippen LogP contribution in [-0.4, -0.2) is 70.8 Å². The third-order valence-corrected chi connectivity index (χ3v) is 7.01. The van der Waals surface area contributed by atoms with Crippen LogP contribution in [0.15, 0.2) is 23.5 Å². The van der Waals surface area contributed by atoms with Gasteiger partial charge in [-0.15, -0.1) is 0 Å². The van der Waals surface area contributed by atoms with Crippen LogP contribution in [0.25, 0.3) is 0 Å². The molecule has 1 unspecified atom stereocenters. The summed E-state index contributed by atoms with van der Waals surface area (Å²) < 4.78 is 37.7. The van der Waals surface area contributed by atoms with Crippen molar-refractivity contribution in [3.05, 3.63) is 30.0 Å². The fourth-order valence-electron chi connectivity index (χ4n) is 4.02. The molecular weight excluding hydrogens is 370 g/mol. The lowest BCUT2D eigenvalue weighted by Crippen LogP contribution is -2.60. The first-order valence-electron chi connectivity index (χ1n) is 8.94. The molecule has 0 amide bonds. The van der Waals surface area contributed by atoms with Crippen LogP contribution in [0.1, 0.15) is 24.2 Å². The van der Waals surface area contributed by atoms with E-state index < -0.39 is 9.84 Å². The van der Waals surface area contributed by atoms with Crippen LogP contribution in [0.2, 0.25) is 0 Å². The number of aromatic nitrogens is 4. The van der Waals surface area contributed by atoms with E-state index in [0.29, 0.717) is 48.2 Å². The molecule has 0 aliphatic carbocycles. The number of rotatable bonds is 5. The van der Waals surface area contributed by atoms with Crippen LogP contribution in [-0.2, 0) is 14.6 Å². The van der Waals surface area contributed by atoms with E-state index >= 15 is 0 Å². The topological polar surface area (TPSA) is 110 Å². The predicted octanol–water partition coefficient (Wildman–Crippen LogP) is 0.859. The minimum Gasteiger partial charge on any atom is -0.473 e. The number of hydrogen-bond acceptors (Lipinski definition) is 8. The van der Waals surface area contributed by atoms with Crippen molar-refractivity contribution < 1.29 is 17.9 Å². The Labute approximate surface area is 158 Å². The van der Waals surface area contributed by atoms with Crippen LogP contribution < -0.4 is 4.74 Å². The van der Waals surface area contributed by atoms with Gasteiger partial charge in [-0.25, -0.2) is 13.4 Å². The van der Waals surface area contributed by atoms with E-state index in [0.717, 1.165) is 0 Å². The molecule has 2 saturated heterocycles. The number of piperidine rings is 1. The summed E-state index contributed by atoms with van der Waals surface area (Å²) in [5.41, 5.74) is 1.09. The first-order chi connectivity index (χ1) is 12.9. The third kappa shape index (κ3) is 3.69. The van der Waals surface area contributed by atoms with E-state index in [2.05, 4.69) is 20.2 Å². The van der Waals surface area contributed by atoms with Gasteiger partial charge in [0.1, 0.15) is 16.9 Å². The highest BCUT2D eigenvalue weighted by Crippen LogP contribution is 2.32. The van der Waals surface area contributed by atoms with Crippen LogP contribution in [0.5, 0.6) is 5.88 Å². The standard InChI is InChI=1S/C17H23N5O4S/c1-11-17(12(2)21-20-11)27(23,24)10-22-13-5-15(6-14(22)9-25-8-13)26-16-7-18-3-4-19-16/h3-4,7,13-15H,5-6,8-10H2,1-2H3,(H,20,21)/t13-,14+,15?. The minimum atomic E-state index is -3.48. The summed E-state index contributed by atoms with van der Waals surface area (Å²) in [7, 11) is -3.48. The van der Waals surface area contributed by atoms with E-state index in [-0.39, 0.29) is 24.1 Å². The minimum absolute atomic E-state index is 0.0125. The second-order valence-corrected chi connectivity index (χ2v) is 9.02. The van der Waals surface area contributed by atoms with Gasteiger partial charge in [-0.3, -0.25) is 15.0 Å². The molecule has 2 aliphatic heterocycles. The molecule has 0 spiro atoms. The average molecular weight is 393 g/mol. The number of hydrogen-bond donors (Lipinski definition) is 1. The van der Waals surface area contributed by atoms with Gasteiger partial charge in [-0.1, -0.05) is 0 Å². The Kier molecular flexibility index (Phi) is 4.87. The Bertz CT molecular complexity index is 868. The number of nitrogens with zero attached hydrogens (tertiary/aromatic N) is 4. The van der Waals surface area contributed by atoms with Crippen LogP contribution >= 0.6 is 0 Å². The SMILES string of the molecule is Cc1n[nH]c(C)c1S(=O)(=O)CN1[C@@H]2COC[C@H]1CC(Oc1cnccn1)C2. The summed E-state index contributed by atoms with van der Waals surface area (Å²) in [6, 6.07) is -0.0251. The molecule has 146 valence electrons. The molecule has 0 aromatic carbocycles. The van der Waals surface area contributed by atoms with Gasteiger partial charge in [0.25, 0.3) is 0 Å². The average Bonchev–Trinajstić information content (AvgIpc) is 2.95. The van der Waals surface area contributed by atoms with Crippen molar-refractivity contribution in [2.45, 2.75) is 49.8 Å². The molecule has 0 radical (unpaired) electrons. The zero-order chi connectivity index (χ0) is 19.0. The summed E-state index contributed by atoms with van der Waals surface area (Å²) >= 11 is 0. The van der Waals surface area contributed by atoms with Gasteiger partial charge in [-0.2, -0.15) is 5.10 Å². The molecule has 27 heavy (non-hydrogen) atoms. The zero-order valence-corrected chi connectivity index (χ0v) is 16.1. The lowest BCUT2D eigenvalue weighted by molar-refractivity contribution is -0.0923. The number of H-pyrrole nitrogens is 1. The Morgan fingerprint density at radius 3 is 2.59 bits per heavy atom. The summed E-state index contributed by atoms with van der Waals surface area (Å²) in [4.78, 5) is 10.5. The van der Waals surface area contributed by atoms with Crippen LogP contribution in [0, 0.1) is 13.8 Å². The lowest BCUT2D eigenvalue weighted by atomic mass is 9.92. The van der Waals surface area contributed by atoms with Crippen LogP contribution in [0.3, 0.4) is 0 Å². The monoisotopic (exact) mass is 393 g/mol. The molecule has 2 aromatic heterocycles. The third-order valence-electron chi connectivity index (χ3n) is 5.15. The number of morpholine rings is 1. The van der Waals surface area contributed by atoms with Crippen molar-refractivity contribution in [1.82, 2.24) is 25.1 Å². The Balaban J connectivity index is 1.50. The normalized spacial score (nSPS) is 26.1. The number of fused-ring (bicyclic) bond motifs is 2. The summed E-state index contributed by atoms with van der Waals surface area (Å²) in [6.07, 6.45) is 6.13. The molecule has 4 rings (SSSR count). The molecule has 9 nitrogen and oxygen atoms in total. The maximum Gasteiger partial charge on any atom is 0.232 e. The van der Waals surface area contributed by atoms with Crippen molar-refractivity contribution in [2.75, 3.05) is 19.1 Å². The molecule has 3 atom stereocenters. The van der Waals surface area contributed by atoms with Crippen molar-refractivity contribution in [3.63, 3.8) is 0 Å². The molecule has 1 N–H and O–H groups in total. The largest absolute Gasteiger partial charge is 0.473 e. The van der Waals surface area contributed by atoms with Crippen LogP contribution in [0.4, 0.5) is 0 Å². The van der Waals surface area contributed by atoms with Crippen molar-refractivity contribution in [1.29, 1.82) is 0 Å². The fraction of sp³-hybridized carbons (Fsp3) is 0.588. The zero-order valence-electron chi connectivity index (χ0n) is 15.3. The predicted molar refractivity (Wildman–Crippen MR) is 96.0 cm³/mol. The molecular formula is C17H23N5O4S. The highest BCUT2D eigenvalue weighted by atomic mass is 32.2. The second-order valence-electron chi connectivity index (χ2n) is 7.12. The number of aryl methyl sites for hydroxylation is 2. The number of ether oxygens (including phenoxy) is 2. The van der Waals surface area contributed by atoms with Crippen molar-refractivity contribution in [2.24, 2.45) is 0 Å². The van der Waals surface area contributed by atoms with Gasteiger partial charge in [0.15, 0.2) is 9.84 Å². The molecule has 2 fully saturated rings. The smallest absolute Gasteiger partial charge is 0.232 e. The first kappa shape index (κ1) is 18.3. The molecule has 2 bridgehead atoms. The number of aromatic amines is 1. The molecule has 10 heteroatoms. The molecule has 2 aliphatic rings.